The van der Waals surface area contributed by atoms with E-state index in [0.717, 1.165) is 0 Å². The average Bonchev–Trinajstić information content (AvgIpc) is 2.95. The summed E-state index contributed by atoms with van der Waals surface area (Å²) < 4.78 is 26.3. The fourth-order valence-electron chi connectivity index (χ4n) is 1.68. The van der Waals surface area contributed by atoms with Crippen molar-refractivity contribution >= 4 is 11.9 Å². The molecule has 0 fully saturated rings. The lowest BCUT2D eigenvalue weighted by Gasteiger charge is -2.12. The second-order valence-corrected chi connectivity index (χ2v) is 4.18. The topological polar surface area (TPSA) is 108 Å². The number of aromatic nitrogens is 3. The Hall–Kier alpha value is -2.84. The molecule has 1 heterocycles. The molecule has 2 rings (SSSR count). The minimum absolute atomic E-state index is 0.336. The van der Waals surface area contributed by atoms with E-state index in [1.807, 2.05) is 0 Å². The zero-order chi connectivity index (χ0) is 15.6. The van der Waals surface area contributed by atoms with E-state index in [4.69, 9.17) is 5.11 Å². The number of halogens is 2. The van der Waals surface area contributed by atoms with Gasteiger partial charge in [0.05, 0.1) is 17.2 Å². The molecule has 3 N–H and O–H groups in total. The number of hydrogen-bond acceptors (Lipinski definition) is 4. The molecular weight excluding hydrogens is 286 g/mol. The van der Waals surface area contributed by atoms with Crippen LogP contribution in [0.2, 0.25) is 0 Å². The third kappa shape index (κ3) is 3.02. The molecule has 7 nitrogen and oxygen atoms in total. The number of carboxylic acid groups (broad SMARTS) is 1. The zero-order valence-corrected chi connectivity index (χ0v) is 10.7. The molecule has 1 unspecified atom stereocenters. The van der Waals surface area contributed by atoms with Crippen LogP contribution >= 0.6 is 0 Å². The average molecular weight is 296 g/mol. The number of aromatic carboxylic acids is 1. The highest BCUT2D eigenvalue weighted by Gasteiger charge is 2.22. The van der Waals surface area contributed by atoms with Crippen LogP contribution < -0.4 is 5.32 Å². The first kappa shape index (κ1) is 14.6. The van der Waals surface area contributed by atoms with Crippen molar-refractivity contribution in [2.75, 3.05) is 0 Å². The second kappa shape index (κ2) is 5.65. The summed E-state index contributed by atoms with van der Waals surface area (Å²) in [6.07, 6.45) is 1.23. The van der Waals surface area contributed by atoms with Gasteiger partial charge in [-0.05, 0) is 19.1 Å². The van der Waals surface area contributed by atoms with Crippen molar-refractivity contribution in [3.8, 4) is 0 Å². The largest absolute Gasteiger partial charge is 0.478 e. The highest BCUT2D eigenvalue weighted by atomic mass is 19.2. The van der Waals surface area contributed by atoms with Crippen molar-refractivity contribution in [2.45, 2.75) is 13.0 Å². The molecular formula is C12H10F2N4O3. The zero-order valence-electron chi connectivity index (χ0n) is 10.7. The number of amides is 1. The number of carboxylic acids is 1. The van der Waals surface area contributed by atoms with E-state index in [0.29, 0.717) is 18.0 Å². The number of nitrogens with one attached hydrogen (secondary N) is 2. The maximum atomic E-state index is 13.2. The van der Waals surface area contributed by atoms with Gasteiger partial charge in [0.2, 0.25) is 0 Å². The van der Waals surface area contributed by atoms with Gasteiger partial charge in [-0.25, -0.2) is 18.6 Å². The Balaban J connectivity index is 2.30. The summed E-state index contributed by atoms with van der Waals surface area (Å²) in [7, 11) is 0. The molecule has 1 atom stereocenters. The van der Waals surface area contributed by atoms with Gasteiger partial charge < -0.3 is 10.4 Å². The number of aromatic amines is 1. The van der Waals surface area contributed by atoms with Gasteiger partial charge >= 0.3 is 5.97 Å². The molecule has 0 aliphatic carbocycles. The Kier molecular flexibility index (Phi) is 3.92. The Morgan fingerprint density at radius 3 is 2.43 bits per heavy atom. The normalized spacial score (nSPS) is 12.0. The van der Waals surface area contributed by atoms with E-state index in [1.165, 1.54) is 6.33 Å². The lowest BCUT2D eigenvalue weighted by molar-refractivity contribution is 0.0689. The summed E-state index contributed by atoms with van der Waals surface area (Å²) in [5, 5.41) is 17.5. The molecule has 21 heavy (non-hydrogen) atoms. The molecule has 0 saturated heterocycles. The SMILES string of the molecule is CC(NC(=O)c1cc(F)c(F)cc1C(=O)O)c1ncn[nH]1. The minimum atomic E-state index is -1.54. The molecule has 0 radical (unpaired) electrons. The predicted octanol–water partition coefficient (Wildman–Crippen LogP) is 1.27. The Bertz CT molecular complexity index is 688. The van der Waals surface area contributed by atoms with Crippen molar-refractivity contribution < 1.29 is 23.5 Å². The van der Waals surface area contributed by atoms with Crippen LogP contribution in [0.4, 0.5) is 8.78 Å². The molecule has 0 bridgehead atoms. The second-order valence-electron chi connectivity index (χ2n) is 4.18. The van der Waals surface area contributed by atoms with Crippen molar-refractivity contribution in [2.24, 2.45) is 0 Å². The number of carbonyl (C=O) groups excluding carboxylic acids is 1. The fourth-order valence-corrected chi connectivity index (χ4v) is 1.68. The molecule has 9 heteroatoms. The Morgan fingerprint density at radius 1 is 1.29 bits per heavy atom. The van der Waals surface area contributed by atoms with Gasteiger partial charge in [-0.15, -0.1) is 0 Å². The van der Waals surface area contributed by atoms with Crippen molar-refractivity contribution in [3.63, 3.8) is 0 Å². The molecule has 0 aliphatic rings. The standard InChI is InChI=1S/C12H10F2N4O3/c1-5(10-15-4-16-18-10)17-11(19)6-2-8(13)9(14)3-7(6)12(20)21/h2-5H,1H3,(H,17,19)(H,20,21)(H,15,16,18). The Morgan fingerprint density at radius 2 is 1.90 bits per heavy atom. The third-order valence-corrected chi connectivity index (χ3v) is 2.73. The minimum Gasteiger partial charge on any atom is -0.478 e. The third-order valence-electron chi connectivity index (χ3n) is 2.73. The van der Waals surface area contributed by atoms with Gasteiger partial charge in [-0.2, -0.15) is 5.10 Å². The van der Waals surface area contributed by atoms with Crippen LogP contribution in [-0.2, 0) is 0 Å². The number of carbonyl (C=O) groups is 2. The first-order valence-electron chi connectivity index (χ1n) is 5.78. The summed E-state index contributed by atoms with van der Waals surface area (Å²) in [6.45, 7) is 1.57. The monoisotopic (exact) mass is 296 g/mol. The van der Waals surface area contributed by atoms with Crippen LogP contribution in [0, 0.1) is 11.6 Å². The number of benzene rings is 1. The van der Waals surface area contributed by atoms with Crippen LogP contribution in [0.3, 0.4) is 0 Å². The van der Waals surface area contributed by atoms with Crippen molar-refractivity contribution in [1.29, 1.82) is 0 Å². The molecule has 1 aromatic heterocycles. The van der Waals surface area contributed by atoms with Gasteiger partial charge in [0.25, 0.3) is 5.91 Å². The number of rotatable bonds is 4. The maximum Gasteiger partial charge on any atom is 0.336 e. The van der Waals surface area contributed by atoms with E-state index in [2.05, 4.69) is 20.5 Å². The van der Waals surface area contributed by atoms with Crippen LogP contribution in [0.1, 0.15) is 39.5 Å². The highest BCUT2D eigenvalue weighted by molar-refractivity contribution is 6.04. The van der Waals surface area contributed by atoms with E-state index in [1.54, 1.807) is 6.92 Å². The summed E-state index contributed by atoms with van der Waals surface area (Å²) in [4.78, 5) is 26.8. The molecule has 0 spiro atoms. The van der Waals surface area contributed by atoms with Crippen molar-refractivity contribution in [3.05, 3.63) is 47.0 Å². The van der Waals surface area contributed by atoms with Gasteiger partial charge in [0, 0.05) is 0 Å². The van der Waals surface area contributed by atoms with Crippen LogP contribution in [0.15, 0.2) is 18.5 Å². The van der Waals surface area contributed by atoms with E-state index in [-0.39, 0.29) is 0 Å². The summed E-state index contributed by atoms with van der Waals surface area (Å²) in [5.41, 5.74) is -1.11. The quantitative estimate of drug-likeness (QED) is 0.787. The first-order chi connectivity index (χ1) is 9.90. The molecule has 1 aromatic carbocycles. The molecule has 2 aromatic rings. The first-order valence-corrected chi connectivity index (χ1v) is 5.78. The summed E-state index contributed by atoms with van der Waals surface area (Å²) >= 11 is 0. The smallest absolute Gasteiger partial charge is 0.336 e. The predicted molar refractivity (Wildman–Crippen MR) is 65.6 cm³/mol. The van der Waals surface area contributed by atoms with Gasteiger partial charge in [-0.1, -0.05) is 0 Å². The fraction of sp³-hybridized carbons (Fsp3) is 0.167. The Labute approximate surface area is 117 Å². The lowest BCUT2D eigenvalue weighted by Crippen LogP contribution is -2.29. The highest BCUT2D eigenvalue weighted by Crippen LogP contribution is 2.16. The van der Waals surface area contributed by atoms with Crippen LogP contribution in [0.25, 0.3) is 0 Å². The molecule has 0 aliphatic heterocycles. The molecule has 1 amide bonds. The van der Waals surface area contributed by atoms with Crippen LogP contribution in [-0.4, -0.2) is 32.2 Å². The number of H-pyrrole nitrogens is 1. The van der Waals surface area contributed by atoms with Gasteiger partial charge in [0.15, 0.2) is 11.6 Å². The van der Waals surface area contributed by atoms with Crippen LogP contribution in [0.5, 0.6) is 0 Å². The summed E-state index contributed by atoms with van der Waals surface area (Å²) in [5.74, 6) is -4.71. The number of nitrogens with zero attached hydrogens (tertiary/aromatic N) is 2. The number of hydrogen-bond donors (Lipinski definition) is 3. The molecule has 110 valence electrons. The van der Waals surface area contributed by atoms with Gasteiger partial charge in [-0.3, -0.25) is 9.89 Å². The maximum absolute atomic E-state index is 13.2. The van der Waals surface area contributed by atoms with E-state index >= 15 is 0 Å². The molecule has 0 saturated carbocycles. The van der Waals surface area contributed by atoms with E-state index < -0.39 is 40.7 Å². The van der Waals surface area contributed by atoms with Gasteiger partial charge in [0.1, 0.15) is 12.2 Å². The lowest BCUT2D eigenvalue weighted by atomic mass is 10.1. The van der Waals surface area contributed by atoms with Crippen molar-refractivity contribution in [1.82, 2.24) is 20.5 Å². The summed E-state index contributed by atoms with van der Waals surface area (Å²) in [6, 6.07) is 0.391. The van der Waals surface area contributed by atoms with E-state index in [9.17, 15) is 18.4 Å².